The number of benzene rings is 1. The van der Waals surface area contributed by atoms with Crippen LogP contribution in [0.3, 0.4) is 0 Å². The van der Waals surface area contributed by atoms with E-state index in [2.05, 4.69) is 54.7 Å². The SMILES string of the molecule is CN(C)Cc1ccc(NCC2CCC=CO2)cc1. The molecule has 98 valence electrons. The molecule has 0 fully saturated rings. The van der Waals surface area contributed by atoms with Gasteiger partial charge < -0.3 is 15.0 Å². The summed E-state index contributed by atoms with van der Waals surface area (Å²) in [6.07, 6.45) is 6.41. The zero-order valence-electron chi connectivity index (χ0n) is 11.2. The Morgan fingerprint density at radius 2 is 2.06 bits per heavy atom. The average molecular weight is 246 g/mol. The lowest BCUT2D eigenvalue weighted by Crippen LogP contribution is -2.22. The third-order valence-electron chi connectivity index (χ3n) is 3.01. The van der Waals surface area contributed by atoms with Crippen molar-refractivity contribution in [2.24, 2.45) is 0 Å². The van der Waals surface area contributed by atoms with Crippen LogP contribution in [0.15, 0.2) is 36.6 Å². The number of nitrogens with one attached hydrogen (secondary N) is 1. The average Bonchev–Trinajstić information content (AvgIpc) is 2.38. The van der Waals surface area contributed by atoms with Crippen LogP contribution in [0.4, 0.5) is 5.69 Å². The first-order valence-corrected chi connectivity index (χ1v) is 6.52. The Balaban J connectivity index is 1.80. The Morgan fingerprint density at radius 3 is 2.67 bits per heavy atom. The summed E-state index contributed by atoms with van der Waals surface area (Å²) in [6.45, 7) is 1.86. The smallest absolute Gasteiger partial charge is 0.115 e. The first-order valence-electron chi connectivity index (χ1n) is 6.52. The fourth-order valence-electron chi connectivity index (χ4n) is 2.06. The third kappa shape index (κ3) is 4.08. The molecule has 0 radical (unpaired) electrons. The molecule has 18 heavy (non-hydrogen) atoms. The van der Waals surface area contributed by atoms with E-state index in [1.807, 2.05) is 6.26 Å². The minimum Gasteiger partial charge on any atom is -0.497 e. The fourth-order valence-corrected chi connectivity index (χ4v) is 2.06. The second-order valence-electron chi connectivity index (χ2n) is 5.02. The van der Waals surface area contributed by atoms with E-state index in [4.69, 9.17) is 4.74 Å². The zero-order valence-corrected chi connectivity index (χ0v) is 11.2. The highest BCUT2D eigenvalue weighted by molar-refractivity contribution is 5.44. The minimum atomic E-state index is 0.302. The molecule has 2 rings (SSSR count). The normalized spacial score (nSPS) is 18.7. The molecule has 1 unspecified atom stereocenters. The summed E-state index contributed by atoms with van der Waals surface area (Å²) in [5.41, 5.74) is 2.50. The molecule has 0 bridgehead atoms. The Bertz CT molecular complexity index is 384. The Kier molecular flexibility index (Phi) is 4.65. The van der Waals surface area contributed by atoms with Gasteiger partial charge in [0.2, 0.25) is 0 Å². The van der Waals surface area contributed by atoms with Crippen LogP contribution in [-0.4, -0.2) is 31.6 Å². The number of ether oxygens (including phenoxy) is 1. The summed E-state index contributed by atoms with van der Waals surface area (Å²) in [5, 5.41) is 3.42. The van der Waals surface area contributed by atoms with Crippen molar-refractivity contribution in [2.45, 2.75) is 25.5 Å². The van der Waals surface area contributed by atoms with Crippen LogP contribution in [0.1, 0.15) is 18.4 Å². The first-order chi connectivity index (χ1) is 8.74. The van der Waals surface area contributed by atoms with Gasteiger partial charge >= 0.3 is 0 Å². The number of hydrogen-bond acceptors (Lipinski definition) is 3. The highest BCUT2D eigenvalue weighted by atomic mass is 16.5. The van der Waals surface area contributed by atoms with Crippen LogP contribution in [0.2, 0.25) is 0 Å². The fraction of sp³-hybridized carbons (Fsp3) is 0.467. The lowest BCUT2D eigenvalue weighted by molar-refractivity contribution is 0.135. The summed E-state index contributed by atoms with van der Waals surface area (Å²) < 4.78 is 5.53. The monoisotopic (exact) mass is 246 g/mol. The second-order valence-corrected chi connectivity index (χ2v) is 5.02. The summed E-state index contributed by atoms with van der Waals surface area (Å²) in [7, 11) is 4.17. The van der Waals surface area contributed by atoms with Crippen molar-refractivity contribution >= 4 is 5.69 Å². The van der Waals surface area contributed by atoms with Crippen molar-refractivity contribution in [3.63, 3.8) is 0 Å². The zero-order chi connectivity index (χ0) is 12.8. The number of hydrogen-bond donors (Lipinski definition) is 1. The predicted octanol–water partition coefficient (Wildman–Crippen LogP) is 2.85. The van der Waals surface area contributed by atoms with Gasteiger partial charge in [0.15, 0.2) is 0 Å². The van der Waals surface area contributed by atoms with E-state index in [9.17, 15) is 0 Å². The van der Waals surface area contributed by atoms with Gasteiger partial charge in [0.25, 0.3) is 0 Å². The van der Waals surface area contributed by atoms with Crippen molar-refractivity contribution in [2.75, 3.05) is 26.0 Å². The lowest BCUT2D eigenvalue weighted by Gasteiger charge is -2.20. The van der Waals surface area contributed by atoms with E-state index in [0.29, 0.717) is 6.10 Å². The maximum atomic E-state index is 5.53. The standard InChI is InChI=1S/C15H22N2O/c1-17(2)12-13-6-8-14(9-7-13)16-11-15-5-3-4-10-18-15/h4,6-10,15-16H,3,5,11-12H2,1-2H3. The van der Waals surface area contributed by atoms with Crippen molar-refractivity contribution < 1.29 is 4.74 Å². The quantitative estimate of drug-likeness (QED) is 0.864. The Labute approximate surface area is 109 Å². The second kappa shape index (κ2) is 6.45. The van der Waals surface area contributed by atoms with Gasteiger partial charge in [-0.05, 0) is 50.7 Å². The van der Waals surface area contributed by atoms with E-state index in [-0.39, 0.29) is 0 Å². The van der Waals surface area contributed by atoms with Crippen molar-refractivity contribution in [3.05, 3.63) is 42.2 Å². The molecule has 0 aromatic heterocycles. The van der Waals surface area contributed by atoms with Crippen LogP contribution in [0.25, 0.3) is 0 Å². The van der Waals surface area contributed by atoms with Crippen molar-refractivity contribution in [1.29, 1.82) is 0 Å². The summed E-state index contributed by atoms with van der Waals surface area (Å²) in [6, 6.07) is 8.61. The lowest BCUT2D eigenvalue weighted by atomic mass is 10.1. The molecular weight excluding hydrogens is 224 g/mol. The van der Waals surface area contributed by atoms with Gasteiger partial charge in [0, 0.05) is 12.2 Å². The topological polar surface area (TPSA) is 24.5 Å². The van der Waals surface area contributed by atoms with Gasteiger partial charge in [-0.3, -0.25) is 0 Å². The highest BCUT2D eigenvalue weighted by Crippen LogP contribution is 2.14. The molecule has 1 atom stereocenters. The summed E-state index contributed by atoms with van der Waals surface area (Å²) in [4.78, 5) is 2.17. The number of nitrogens with zero attached hydrogens (tertiary/aromatic N) is 1. The van der Waals surface area contributed by atoms with Gasteiger partial charge in [0.1, 0.15) is 6.10 Å². The Hall–Kier alpha value is -1.48. The number of allylic oxidation sites excluding steroid dienone is 1. The molecule has 0 saturated carbocycles. The maximum absolute atomic E-state index is 5.53. The summed E-state index contributed by atoms with van der Waals surface area (Å²) in [5.74, 6) is 0. The molecule has 0 aliphatic carbocycles. The maximum Gasteiger partial charge on any atom is 0.115 e. The van der Waals surface area contributed by atoms with Gasteiger partial charge in [-0.25, -0.2) is 0 Å². The van der Waals surface area contributed by atoms with E-state index in [1.54, 1.807) is 0 Å². The molecular formula is C15H22N2O. The minimum absolute atomic E-state index is 0.302. The van der Waals surface area contributed by atoms with Crippen LogP contribution in [-0.2, 0) is 11.3 Å². The third-order valence-corrected chi connectivity index (χ3v) is 3.01. The van der Waals surface area contributed by atoms with E-state index in [1.165, 1.54) is 5.56 Å². The Morgan fingerprint density at radius 1 is 1.28 bits per heavy atom. The van der Waals surface area contributed by atoms with E-state index < -0.39 is 0 Å². The molecule has 3 heteroatoms. The number of anilines is 1. The summed E-state index contributed by atoms with van der Waals surface area (Å²) >= 11 is 0. The molecule has 0 amide bonds. The predicted molar refractivity (Wildman–Crippen MR) is 75.6 cm³/mol. The van der Waals surface area contributed by atoms with Crippen molar-refractivity contribution in [1.82, 2.24) is 4.90 Å². The van der Waals surface area contributed by atoms with Gasteiger partial charge in [-0.2, -0.15) is 0 Å². The van der Waals surface area contributed by atoms with Gasteiger partial charge in [0.05, 0.1) is 12.8 Å². The largest absolute Gasteiger partial charge is 0.497 e. The van der Waals surface area contributed by atoms with Crippen LogP contribution < -0.4 is 5.32 Å². The molecule has 1 aliphatic rings. The molecule has 0 saturated heterocycles. The van der Waals surface area contributed by atoms with E-state index in [0.717, 1.165) is 31.6 Å². The first kappa shape index (κ1) is 13.0. The molecule has 3 nitrogen and oxygen atoms in total. The highest BCUT2D eigenvalue weighted by Gasteiger charge is 2.10. The molecule has 1 aromatic carbocycles. The van der Waals surface area contributed by atoms with Crippen LogP contribution in [0, 0.1) is 0 Å². The molecule has 1 heterocycles. The molecule has 0 spiro atoms. The molecule has 1 N–H and O–H groups in total. The van der Waals surface area contributed by atoms with Crippen molar-refractivity contribution in [3.8, 4) is 0 Å². The van der Waals surface area contributed by atoms with E-state index >= 15 is 0 Å². The molecule has 1 aliphatic heterocycles. The van der Waals surface area contributed by atoms with Crippen LogP contribution >= 0.6 is 0 Å². The molecule has 1 aromatic rings. The van der Waals surface area contributed by atoms with Gasteiger partial charge in [-0.1, -0.05) is 12.1 Å². The van der Waals surface area contributed by atoms with Crippen LogP contribution in [0.5, 0.6) is 0 Å². The number of rotatable bonds is 5. The van der Waals surface area contributed by atoms with Gasteiger partial charge in [-0.15, -0.1) is 0 Å².